The standard InChI is InChI=1S/C25H27N3S2/c1-25(20-12-11-17-7-5-6-8-18(17)13-20)14-19(15-25)22-16-30-24(27-22)28-23(29)26-21-9-3-2-4-10-21/h2-4,9-13,16,19H,5-8,14-15H2,1H3,(H2,26,27,28,29). The normalized spacial score (nSPS) is 22.6. The number of thiocarbonyl (C=S) groups is 1. The number of fused-ring (bicyclic) bond motifs is 1. The third-order valence-corrected chi connectivity index (χ3v) is 7.61. The fraction of sp³-hybridized carbons (Fsp3) is 0.360. The lowest BCUT2D eigenvalue weighted by molar-refractivity contribution is 0.221. The SMILES string of the molecule is CC1(c2ccc3c(c2)CCCC3)CC(c2csc(NC(=S)Nc3ccccc3)n2)C1. The second-order valence-electron chi connectivity index (χ2n) is 8.88. The summed E-state index contributed by atoms with van der Waals surface area (Å²) in [5, 5.41) is 10.1. The molecule has 1 aromatic heterocycles. The summed E-state index contributed by atoms with van der Waals surface area (Å²) in [6.07, 6.45) is 7.52. The fourth-order valence-corrected chi connectivity index (χ4v) is 5.97. The van der Waals surface area contributed by atoms with Crippen LogP contribution in [0.3, 0.4) is 0 Å². The number of para-hydroxylation sites is 1. The van der Waals surface area contributed by atoms with E-state index in [-0.39, 0.29) is 5.41 Å². The van der Waals surface area contributed by atoms with E-state index in [1.54, 1.807) is 22.5 Å². The Labute approximate surface area is 188 Å². The van der Waals surface area contributed by atoms with Gasteiger partial charge in [0.2, 0.25) is 0 Å². The number of thiazole rings is 1. The van der Waals surface area contributed by atoms with Crippen LogP contribution in [0, 0.1) is 0 Å². The van der Waals surface area contributed by atoms with Gasteiger partial charge in [0.05, 0.1) is 5.69 Å². The molecule has 0 unspecified atom stereocenters. The quantitative estimate of drug-likeness (QED) is 0.451. The summed E-state index contributed by atoms with van der Waals surface area (Å²) in [7, 11) is 0. The number of nitrogens with zero attached hydrogens (tertiary/aromatic N) is 1. The van der Waals surface area contributed by atoms with E-state index in [1.165, 1.54) is 49.8 Å². The smallest absolute Gasteiger partial charge is 0.189 e. The van der Waals surface area contributed by atoms with E-state index in [1.807, 2.05) is 30.3 Å². The molecule has 0 aliphatic heterocycles. The van der Waals surface area contributed by atoms with Crippen LogP contribution in [0.5, 0.6) is 0 Å². The summed E-state index contributed by atoms with van der Waals surface area (Å²) in [6.45, 7) is 2.42. The van der Waals surface area contributed by atoms with Crippen molar-refractivity contribution in [1.82, 2.24) is 4.98 Å². The Morgan fingerprint density at radius 1 is 1.03 bits per heavy atom. The Morgan fingerprint density at radius 3 is 2.60 bits per heavy atom. The van der Waals surface area contributed by atoms with Crippen molar-refractivity contribution in [2.45, 2.75) is 56.8 Å². The van der Waals surface area contributed by atoms with Crippen molar-refractivity contribution >= 4 is 39.5 Å². The molecule has 1 saturated carbocycles. The zero-order chi connectivity index (χ0) is 20.6. The average molecular weight is 434 g/mol. The Balaban J connectivity index is 1.20. The van der Waals surface area contributed by atoms with Crippen LogP contribution >= 0.6 is 23.6 Å². The van der Waals surface area contributed by atoms with Gasteiger partial charge in [0.25, 0.3) is 0 Å². The molecule has 0 bridgehead atoms. The van der Waals surface area contributed by atoms with Crippen LogP contribution < -0.4 is 10.6 Å². The fourth-order valence-electron chi connectivity index (χ4n) is 4.89. The van der Waals surface area contributed by atoms with Gasteiger partial charge in [0.15, 0.2) is 10.2 Å². The molecule has 30 heavy (non-hydrogen) atoms. The van der Waals surface area contributed by atoms with Crippen LogP contribution in [0.25, 0.3) is 0 Å². The highest BCUT2D eigenvalue weighted by Gasteiger charge is 2.43. The van der Waals surface area contributed by atoms with Gasteiger partial charge in [-0.05, 0) is 85.0 Å². The van der Waals surface area contributed by atoms with Crippen molar-refractivity contribution in [2.24, 2.45) is 0 Å². The molecule has 0 spiro atoms. The second kappa shape index (κ2) is 8.12. The first-order chi connectivity index (χ1) is 14.6. The molecule has 154 valence electrons. The lowest BCUT2D eigenvalue weighted by Crippen LogP contribution is -2.37. The minimum atomic E-state index is 0.276. The summed E-state index contributed by atoms with van der Waals surface area (Å²) in [5.41, 5.74) is 7.12. The predicted molar refractivity (Wildman–Crippen MR) is 131 cm³/mol. The lowest BCUT2D eigenvalue weighted by atomic mass is 9.59. The Morgan fingerprint density at radius 2 is 1.80 bits per heavy atom. The largest absolute Gasteiger partial charge is 0.332 e. The predicted octanol–water partition coefficient (Wildman–Crippen LogP) is 6.67. The van der Waals surface area contributed by atoms with Gasteiger partial charge in [0, 0.05) is 17.0 Å². The lowest BCUT2D eigenvalue weighted by Gasteiger charge is -2.45. The molecule has 2 aliphatic rings. The summed E-state index contributed by atoms with van der Waals surface area (Å²) < 4.78 is 0. The minimum absolute atomic E-state index is 0.276. The molecule has 0 saturated heterocycles. The molecule has 5 rings (SSSR count). The van der Waals surface area contributed by atoms with E-state index in [0.717, 1.165) is 10.8 Å². The number of rotatable bonds is 4. The molecule has 0 amide bonds. The maximum atomic E-state index is 5.43. The number of hydrogen-bond donors (Lipinski definition) is 2. The summed E-state index contributed by atoms with van der Waals surface area (Å²) >= 11 is 7.06. The number of benzene rings is 2. The first-order valence-electron chi connectivity index (χ1n) is 10.8. The van der Waals surface area contributed by atoms with Crippen molar-refractivity contribution in [3.63, 3.8) is 0 Å². The highest BCUT2D eigenvalue weighted by molar-refractivity contribution is 7.80. The number of hydrogen-bond acceptors (Lipinski definition) is 3. The van der Waals surface area contributed by atoms with Gasteiger partial charge in [-0.1, -0.05) is 43.3 Å². The van der Waals surface area contributed by atoms with Gasteiger partial charge in [-0.15, -0.1) is 11.3 Å². The van der Waals surface area contributed by atoms with E-state index in [0.29, 0.717) is 11.0 Å². The third kappa shape index (κ3) is 4.01. The monoisotopic (exact) mass is 433 g/mol. The van der Waals surface area contributed by atoms with Crippen LogP contribution in [-0.4, -0.2) is 10.1 Å². The maximum absolute atomic E-state index is 5.43. The van der Waals surface area contributed by atoms with Crippen molar-refractivity contribution in [1.29, 1.82) is 0 Å². The summed E-state index contributed by atoms with van der Waals surface area (Å²) in [5.74, 6) is 0.536. The Hall–Kier alpha value is -2.24. The molecule has 3 aromatic rings. The summed E-state index contributed by atoms with van der Waals surface area (Å²) in [4.78, 5) is 4.82. The van der Waals surface area contributed by atoms with Crippen molar-refractivity contribution in [2.75, 3.05) is 10.6 Å². The van der Waals surface area contributed by atoms with Crippen LogP contribution in [0.1, 0.15) is 60.9 Å². The van der Waals surface area contributed by atoms with Crippen molar-refractivity contribution in [3.05, 3.63) is 76.3 Å². The van der Waals surface area contributed by atoms with E-state index in [9.17, 15) is 0 Å². The molecule has 2 aromatic carbocycles. The van der Waals surface area contributed by atoms with Gasteiger partial charge in [-0.2, -0.15) is 0 Å². The third-order valence-electron chi connectivity index (χ3n) is 6.63. The van der Waals surface area contributed by atoms with Gasteiger partial charge < -0.3 is 10.6 Å². The second-order valence-corrected chi connectivity index (χ2v) is 10.1. The van der Waals surface area contributed by atoms with Crippen LogP contribution in [0.15, 0.2) is 53.9 Å². The number of anilines is 2. The molecule has 0 radical (unpaired) electrons. The van der Waals surface area contributed by atoms with Gasteiger partial charge in [0.1, 0.15) is 0 Å². The highest BCUT2D eigenvalue weighted by Crippen LogP contribution is 2.53. The highest BCUT2D eigenvalue weighted by atomic mass is 32.1. The van der Waals surface area contributed by atoms with Crippen LogP contribution in [0.2, 0.25) is 0 Å². The van der Waals surface area contributed by atoms with Crippen LogP contribution in [0.4, 0.5) is 10.8 Å². The Kier molecular flexibility index (Phi) is 5.34. The van der Waals surface area contributed by atoms with Crippen LogP contribution in [-0.2, 0) is 18.3 Å². The number of aryl methyl sites for hydroxylation is 2. The van der Waals surface area contributed by atoms with Gasteiger partial charge in [-0.25, -0.2) is 4.98 Å². The Bertz CT molecular complexity index is 1050. The topological polar surface area (TPSA) is 37.0 Å². The van der Waals surface area contributed by atoms with E-state index in [2.05, 4.69) is 41.1 Å². The molecule has 5 heteroatoms. The average Bonchev–Trinajstić information content (AvgIpc) is 3.19. The molecule has 2 N–H and O–H groups in total. The van der Waals surface area contributed by atoms with Crippen molar-refractivity contribution in [3.8, 4) is 0 Å². The van der Waals surface area contributed by atoms with Gasteiger partial charge >= 0.3 is 0 Å². The molecular formula is C25H27N3S2. The molecule has 0 atom stereocenters. The number of nitrogens with one attached hydrogen (secondary N) is 2. The molecular weight excluding hydrogens is 406 g/mol. The zero-order valence-electron chi connectivity index (χ0n) is 17.3. The van der Waals surface area contributed by atoms with Crippen molar-refractivity contribution < 1.29 is 0 Å². The minimum Gasteiger partial charge on any atom is -0.332 e. The summed E-state index contributed by atoms with van der Waals surface area (Å²) in [6, 6.07) is 17.2. The maximum Gasteiger partial charge on any atom is 0.189 e. The molecule has 3 nitrogen and oxygen atoms in total. The first kappa shape index (κ1) is 19.7. The molecule has 2 aliphatic carbocycles. The van der Waals surface area contributed by atoms with E-state index < -0.39 is 0 Å². The van der Waals surface area contributed by atoms with Gasteiger partial charge in [-0.3, -0.25) is 0 Å². The van der Waals surface area contributed by atoms with E-state index in [4.69, 9.17) is 17.2 Å². The number of aromatic nitrogens is 1. The molecule has 1 fully saturated rings. The first-order valence-corrected chi connectivity index (χ1v) is 12.1. The molecule has 1 heterocycles. The zero-order valence-corrected chi connectivity index (χ0v) is 18.9. The van der Waals surface area contributed by atoms with E-state index >= 15 is 0 Å².